The molecule has 0 spiro atoms. The van der Waals surface area contributed by atoms with Crippen LogP contribution in [0.4, 0.5) is 0 Å². The third-order valence-corrected chi connectivity index (χ3v) is 7.90. The van der Waals surface area contributed by atoms with E-state index in [-0.39, 0.29) is 0 Å². The molecule has 0 radical (unpaired) electrons. The maximum absolute atomic E-state index is 4.09. The Morgan fingerprint density at radius 1 is 0.941 bits per heavy atom. The van der Waals surface area contributed by atoms with Gasteiger partial charge >= 0.3 is 0 Å². The van der Waals surface area contributed by atoms with Crippen LogP contribution in [-0.2, 0) is 6.54 Å². The van der Waals surface area contributed by atoms with Gasteiger partial charge in [-0.3, -0.25) is 0 Å². The normalized spacial score (nSPS) is 19.2. The molecule has 0 atom stereocenters. The van der Waals surface area contributed by atoms with E-state index < -0.39 is 0 Å². The lowest BCUT2D eigenvalue weighted by molar-refractivity contribution is 0.208. The van der Waals surface area contributed by atoms with Crippen LogP contribution in [-0.4, -0.2) is 10.9 Å². The molecule has 3 aliphatic carbocycles. The van der Waals surface area contributed by atoms with Gasteiger partial charge in [0, 0.05) is 18.2 Å². The zero-order valence-electron chi connectivity index (χ0n) is 22.0. The van der Waals surface area contributed by atoms with E-state index in [1.54, 1.807) is 0 Å². The van der Waals surface area contributed by atoms with Gasteiger partial charge in [0.2, 0.25) is 0 Å². The molecule has 34 heavy (non-hydrogen) atoms. The third kappa shape index (κ3) is 7.92. The molecule has 0 saturated heterocycles. The molecule has 4 rings (SSSR count). The second-order valence-electron chi connectivity index (χ2n) is 10.5. The highest BCUT2D eigenvalue weighted by atomic mass is 15.2. The van der Waals surface area contributed by atoms with E-state index in [1.165, 1.54) is 98.6 Å². The Labute approximate surface area is 210 Å². The van der Waals surface area contributed by atoms with Gasteiger partial charge in [0.1, 0.15) is 0 Å². The Balaban J connectivity index is 0.000000396. The Morgan fingerprint density at radius 3 is 2.18 bits per heavy atom. The number of hydrogen-bond acceptors (Lipinski definition) is 1. The first-order valence-electron chi connectivity index (χ1n) is 13.8. The van der Waals surface area contributed by atoms with E-state index in [9.17, 15) is 0 Å². The van der Waals surface area contributed by atoms with Crippen molar-refractivity contribution in [1.82, 2.24) is 4.90 Å². The highest BCUT2D eigenvalue weighted by Crippen LogP contribution is 2.30. The highest BCUT2D eigenvalue weighted by Gasteiger charge is 2.23. The average molecular weight is 458 g/mol. The van der Waals surface area contributed by atoms with Crippen LogP contribution in [0.3, 0.4) is 0 Å². The van der Waals surface area contributed by atoms with Crippen molar-refractivity contribution in [2.45, 2.75) is 110 Å². The largest absolute Gasteiger partial charge is 0.357 e. The maximum Gasteiger partial charge on any atom is 0.0869 e. The van der Waals surface area contributed by atoms with Gasteiger partial charge < -0.3 is 4.90 Å². The molecule has 0 bridgehead atoms. The standard InChI is InChI=1S/C26H35N.C7H12/c1-4-26(24-13-9-8-10-14-24)27(25-15-11-6-5-7-12-16-25)20-23-18-17-21(2)22(3)19-23;1-2-7-5-3-4-6-7/h9,13-14,17-19,25H,1,5-8,10-12,15-16,20H2,2-3H3;2,7H,1,3-6H2. The van der Waals surface area contributed by atoms with E-state index in [0.29, 0.717) is 6.04 Å². The summed E-state index contributed by atoms with van der Waals surface area (Å²) in [5.41, 5.74) is 9.98. The molecule has 1 aromatic carbocycles. The first kappa shape index (κ1) is 26.4. The maximum atomic E-state index is 4.09. The van der Waals surface area contributed by atoms with Crippen molar-refractivity contribution in [3.05, 3.63) is 89.4 Å². The fourth-order valence-corrected chi connectivity index (χ4v) is 5.59. The summed E-state index contributed by atoms with van der Waals surface area (Å²) in [6, 6.07) is 7.51. The van der Waals surface area contributed by atoms with Crippen LogP contribution in [0.2, 0.25) is 0 Å². The fourth-order valence-electron chi connectivity index (χ4n) is 5.59. The molecule has 0 amide bonds. The number of allylic oxidation sites excluding steroid dienone is 4. The molecular weight excluding hydrogens is 410 g/mol. The molecule has 1 heteroatoms. The number of rotatable bonds is 6. The van der Waals surface area contributed by atoms with Gasteiger partial charge in [0.25, 0.3) is 0 Å². The second-order valence-corrected chi connectivity index (χ2v) is 10.5. The van der Waals surface area contributed by atoms with E-state index in [4.69, 9.17) is 0 Å². The number of aryl methyl sites for hydroxylation is 2. The Bertz CT molecular complexity index is 881. The van der Waals surface area contributed by atoms with Crippen LogP contribution in [0.5, 0.6) is 0 Å². The summed E-state index contributed by atoms with van der Waals surface area (Å²) in [4.78, 5) is 2.62. The Morgan fingerprint density at radius 2 is 1.62 bits per heavy atom. The molecule has 0 aliphatic heterocycles. The molecule has 184 valence electrons. The lowest BCUT2D eigenvalue weighted by atomic mass is 9.93. The van der Waals surface area contributed by atoms with Gasteiger partial charge in [0.05, 0.1) is 5.70 Å². The van der Waals surface area contributed by atoms with Gasteiger partial charge in [0.15, 0.2) is 0 Å². The molecule has 0 N–H and O–H groups in total. The van der Waals surface area contributed by atoms with Crippen LogP contribution < -0.4 is 0 Å². The molecular formula is C33H47N. The molecule has 0 unspecified atom stereocenters. The molecule has 2 fully saturated rings. The minimum Gasteiger partial charge on any atom is -0.357 e. The summed E-state index contributed by atoms with van der Waals surface area (Å²) < 4.78 is 0. The molecule has 1 nitrogen and oxygen atoms in total. The number of nitrogens with zero attached hydrogens (tertiary/aromatic N) is 1. The summed E-state index contributed by atoms with van der Waals surface area (Å²) in [5, 5.41) is 0. The first-order chi connectivity index (χ1) is 16.6. The fraction of sp³-hybridized carbons (Fsp3) is 0.545. The van der Waals surface area contributed by atoms with Gasteiger partial charge in [-0.05, 0) is 75.0 Å². The van der Waals surface area contributed by atoms with Crippen LogP contribution in [0.15, 0.2) is 72.7 Å². The summed E-state index contributed by atoms with van der Waals surface area (Å²) in [6.07, 6.45) is 26.3. The zero-order chi connectivity index (χ0) is 24.2. The lowest BCUT2D eigenvalue weighted by Crippen LogP contribution is -2.35. The van der Waals surface area contributed by atoms with E-state index >= 15 is 0 Å². The van der Waals surface area contributed by atoms with Gasteiger partial charge in [-0.15, -0.1) is 12.3 Å². The van der Waals surface area contributed by atoms with Crippen molar-refractivity contribution in [2.24, 2.45) is 5.92 Å². The number of benzene rings is 1. The minimum absolute atomic E-state index is 0.590. The molecule has 1 aromatic rings. The average Bonchev–Trinajstić information content (AvgIpc) is 3.37. The lowest BCUT2D eigenvalue weighted by Gasteiger charge is -2.37. The molecule has 3 aliphatic rings. The van der Waals surface area contributed by atoms with E-state index in [1.807, 2.05) is 0 Å². The topological polar surface area (TPSA) is 3.24 Å². The monoisotopic (exact) mass is 457 g/mol. The van der Waals surface area contributed by atoms with Crippen molar-refractivity contribution in [1.29, 1.82) is 0 Å². The quantitative estimate of drug-likeness (QED) is 0.303. The van der Waals surface area contributed by atoms with Crippen molar-refractivity contribution < 1.29 is 0 Å². The summed E-state index contributed by atoms with van der Waals surface area (Å²) in [5.74, 6) is 0.861. The minimum atomic E-state index is 0.590. The summed E-state index contributed by atoms with van der Waals surface area (Å²) >= 11 is 0. The van der Waals surface area contributed by atoms with Gasteiger partial charge in [-0.1, -0.05) is 94.0 Å². The SMILES string of the molecule is C=C=C(C1=CCCC=C1)N(Cc1ccc(C)c(C)c1)C1CCCCCCC1.C=CC1CCCC1. The van der Waals surface area contributed by atoms with Crippen molar-refractivity contribution in [2.75, 3.05) is 0 Å². The van der Waals surface area contributed by atoms with Crippen molar-refractivity contribution >= 4 is 0 Å². The Kier molecular flexibility index (Phi) is 11.0. The van der Waals surface area contributed by atoms with Crippen molar-refractivity contribution in [3.8, 4) is 0 Å². The van der Waals surface area contributed by atoms with Crippen LogP contribution >= 0.6 is 0 Å². The predicted molar refractivity (Wildman–Crippen MR) is 149 cm³/mol. The van der Waals surface area contributed by atoms with Crippen LogP contribution in [0.25, 0.3) is 0 Å². The summed E-state index contributed by atoms with van der Waals surface area (Å²) in [6.45, 7) is 13.2. The van der Waals surface area contributed by atoms with Gasteiger partial charge in [-0.2, -0.15) is 0 Å². The predicted octanol–water partition coefficient (Wildman–Crippen LogP) is 9.53. The summed E-state index contributed by atoms with van der Waals surface area (Å²) in [7, 11) is 0. The van der Waals surface area contributed by atoms with Crippen LogP contribution in [0, 0.1) is 19.8 Å². The first-order valence-corrected chi connectivity index (χ1v) is 13.8. The smallest absolute Gasteiger partial charge is 0.0869 e. The Hall–Kier alpha value is -2.24. The van der Waals surface area contributed by atoms with E-state index in [2.05, 4.69) is 80.1 Å². The van der Waals surface area contributed by atoms with Gasteiger partial charge in [-0.25, -0.2) is 0 Å². The molecule has 0 heterocycles. The third-order valence-electron chi connectivity index (χ3n) is 7.90. The number of hydrogen-bond donors (Lipinski definition) is 0. The second kappa shape index (κ2) is 14.2. The van der Waals surface area contributed by atoms with E-state index in [0.717, 1.165) is 25.3 Å². The zero-order valence-corrected chi connectivity index (χ0v) is 22.0. The highest BCUT2D eigenvalue weighted by molar-refractivity contribution is 5.41. The van der Waals surface area contributed by atoms with Crippen LogP contribution in [0.1, 0.15) is 100 Å². The van der Waals surface area contributed by atoms with Crippen molar-refractivity contribution in [3.63, 3.8) is 0 Å². The molecule has 0 aromatic heterocycles. The molecule has 2 saturated carbocycles.